The lowest BCUT2D eigenvalue weighted by molar-refractivity contribution is 0.135. The van der Waals surface area contributed by atoms with Gasteiger partial charge >= 0.3 is 10.1 Å². The Hall–Kier alpha value is -0.630. The molecule has 15 heavy (non-hydrogen) atoms. The minimum atomic E-state index is -4.17. The summed E-state index contributed by atoms with van der Waals surface area (Å²) in [6.07, 6.45) is 0. The van der Waals surface area contributed by atoms with Gasteiger partial charge < -0.3 is 10.0 Å². The van der Waals surface area contributed by atoms with Crippen LogP contribution in [-0.4, -0.2) is 67.2 Å². The van der Waals surface area contributed by atoms with Crippen molar-refractivity contribution in [1.29, 1.82) is 0 Å². The highest BCUT2D eigenvalue weighted by Crippen LogP contribution is 2.11. The molecule has 0 spiro atoms. The van der Waals surface area contributed by atoms with Gasteiger partial charge in [-0.15, -0.1) is 0 Å². The number of aliphatic hydroxyl groups is 1. The number of rotatable bonds is 4. The zero-order valence-corrected chi connectivity index (χ0v) is 9.28. The number of aliphatic hydroxyl groups excluding tert-OH is 1. The minimum Gasteiger partial charge on any atom is -0.395 e. The third-order valence-corrected chi connectivity index (χ3v) is 3.29. The van der Waals surface area contributed by atoms with Gasteiger partial charge in [-0.3, -0.25) is 9.45 Å². The van der Waals surface area contributed by atoms with E-state index in [1.165, 1.54) is 4.90 Å². The van der Waals surface area contributed by atoms with Crippen LogP contribution in [0.25, 0.3) is 0 Å². The van der Waals surface area contributed by atoms with Gasteiger partial charge in [0, 0.05) is 32.7 Å². The van der Waals surface area contributed by atoms with Crippen molar-refractivity contribution in [3.63, 3.8) is 0 Å². The summed E-state index contributed by atoms with van der Waals surface area (Å²) >= 11 is 0. The van der Waals surface area contributed by atoms with Crippen molar-refractivity contribution in [2.45, 2.75) is 0 Å². The van der Waals surface area contributed by atoms with Crippen LogP contribution in [0, 0.1) is 0 Å². The van der Waals surface area contributed by atoms with E-state index in [1.807, 2.05) is 4.90 Å². The highest BCUT2D eigenvalue weighted by Gasteiger charge is 2.23. The lowest BCUT2D eigenvalue weighted by atomic mass is 10.3. The summed E-state index contributed by atoms with van der Waals surface area (Å²) in [5.41, 5.74) is 0. The molecule has 1 fully saturated rings. The number of nitrogens with zero attached hydrogens (tertiary/aromatic N) is 2. The van der Waals surface area contributed by atoms with Gasteiger partial charge in [-0.25, -0.2) is 0 Å². The van der Waals surface area contributed by atoms with Crippen LogP contribution in [0.4, 0.5) is 0 Å². The van der Waals surface area contributed by atoms with Crippen molar-refractivity contribution in [2.24, 2.45) is 0 Å². The molecule has 0 aromatic rings. The van der Waals surface area contributed by atoms with Crippen LogP contribution >= 0.6 is 0 Å². The Balaban J connectivity index is 2.48. The monoisotopic (exact) mass is 236 g/mol. The molecule has 6 nitrogen and oxygen atoms in total. The summed E-state index contributed by atoms with van der Waals surface area (Å²) in [6.45, 7) is 6.35. The highest BCUT2D eigenvalue weighted by molar-refractivity contribution is 7.89. The Morgan fingerprint density at radius 2 is 1.80 bits per heavy atom. The molecule has 2 N–H and O–H groups in total. The van der Waals surface area contributed by atoms with E-state index in [0.717, 1.165) is 0 Å². The van der Waals surface area contributed by atoms with Crippen molar-refractivity contribution < 1.29 is 18.1 Å². The smallest absolute Gasteiger partial charge is 0.309 e. The zero-order chi connectivity index (χ0) is 11.5. The maximum absolute atomic E-state index is 10.8. The van der Waals surface area contributed by atoms with E-state index in [0.29, 0.717) is 32.7 Å². The Morgan fingerprint density at radius 3 is 2.20 bits per heavy atom. The van der Waals surface area contributed by atoms with Crippen molar-refractivity contribution in [1.82, 2.24) is 9.80 Å². The molecule has 0 unspecified atom stereocenters. The van der Waals surface area contributed by atoms with Crippen LogP contribution in [0.1, 0.15) is 0 Å². The van der Waals surface area contributed by atoms with Gasteiger partial charge in [-0.05, 0) is 0 Å². The topological polar surface area (TPSA) is 81.1 Å². The van der Waals surface area contributed by atoms with Gasteiger partial charge in [0.15, 0.2) is 5.03 Å². The number of β-amino-alcohol motifs (C(OH)–C–C–N with tert-alkyl or cyclic N) is 1. The summed E-state index contributed by atoms with van der Waals surface area (Å²) in [4.78, 5) is 3.55. The predicted octanol–water partition coefficient (Wildman–Crippen LogP) is -1.04. The molecule has 1 heterocycles. The third kappa shape index (κ3) is 3.45. The summed E-state index contributed by atoms with van der Waals surface area (Å²) < 4.78 is 30.4. The van der Waals surface area contributed by atoms with E-state index in [4.69, 9.17) is 9.66 Å². The van der Waals surface area contributed by atoms with Crippen LogP contribution < -0.4 is 0 Å². The molecule has 0 atom stereocenters. The van der Waals surface area contributed by atoms with E-state index in [1.54, 1.807) is 0 Å². The number of piperazine rings is 1. The average molecular weight is 236 g/mol. The molecule has 7 heteroatoms. The Morgan fingerprint density at radius 1 is 1.27 bits per heavy atom. The first kappa shape index (κ1) is 12.4. The Labute approximate surface area is 89.5 Å². The van der Waals surface area contributed by atoms with Crippen molar-refractivity contribution in [3.8, 4) is 0 Å². The molecule has 88 valence electrons. The van der Waals surface area contributed by atoms with E-state index < -0.39 is 10.1 Å². The first-order valence-electron chi connectivity index (χ1n) is 4.69. The molecule has 0 saturated carbocycles. The van der Waals surface area contributed by atoms with Crippen molar-refractivity contribution in [3.05, 3.63) is 11.6 Å². The van der Waals surface area contributed by atoms with Crippen LogP contribution in [0.3, 0.4) is 0 Å². The molecule has 1 rings (SSSR count). The van der Waals surface area contributed by atoms with Crippen molar-refractivity contribution in [2.75, 3.05) is 39.3 Å². The first-order valence-corrected chi connectivity index (χ1v) is 6.13. The maximum atomic E-state index is 10.8. The molecule has 0 amide bonds. The lowest BCUT2D eigenvalue weighted by Crippen LogP contribution is -2.47. The van der Waals surface area contributed by atoms with Crippen LogP contribution in [-0.2, 0) is 10.1 Å². The molecule has 0 aromatic carbocycles. The van der Waals surface area contributed by atoms with E-state index in [2.05, 4.69) is 6.58 Å². The third-order valence-electron chi connectivity index (χ3n) is 2.44. The standard InChI is InChI=1S/C8H16N2O4S/c1-8(15(12,13)14)10-4-2-9(3-5-10)6-7-11/h11H,1-7H2,(H,12,13,14). The van der Waals surface area contributed by atoms with E-state index in [9.17, 15) is 8.42 Å². The van der Waals surface area contributed by atoms with Gasteiger partial charge in [0.05, 0.1) is 6.61 Å². The summed E-state index contributed by atoms with van der Waals surface area (Å²) in [7, 11) is -4.17. The van der Waals surface area contributed by atoms with E-state index >= 15 is 0 Å². The molecule has 0 aliphatic carbocycles. The fourth-order valence-corrected chi connectivity index (χ4v) is 2.03. The van der Waals surface area contributed by atoms with Crippen LogP contribution in [0.2, 0.25) is 0 Å². The second kappa shape index (κ2) is 4.93. The Kier molecular flexibility index (Phi) is 4.09. The molecule has 0 aromatic heterocycles. The summed E-state index contributed by atoms with van der Waals surface area (Å²) in [5, 5.41) is 8.47. The van der Waals surface area contributed by atoms with E-state index in [-0.39, 0.29) is 11.6 Å². The van der Waals surface area contributed by atoms with Gasteiger partial charge in [0.1, 0.15) is 0 Å². The number of hydrogen-bond acceptors (Lipinski definition) is 5. The molecule has 1 aliphatic heterocycles. The van der Waals surface area contributed by atoms with Gasteiger partial charge in [0.25, 0.3) is 0 Å². The minimum absolute atomic E-state index is 0.0965. The normalized spacial score (nSPS) is 19.2. The zero-order valence-electron chi connectivity index (χ0n) is 8.46. The fraction of sp³-hybridized carbons (Fsp3) is 0.750. The second-order valence-electron chi connectivity index (χ2n) is 3.42. The van der Waals surface area contributed by atoms with Crippen LogP contribution in [0.5, 0.6) is 0 Å². The summed E-state index contributed by atoms with van der Waals surface area (Å²) in [5.74, 6) is 0. The highest BCUT2D eigenvalue weighted by atomic mass is 32.2. The van der Waals surface area contributed by atoms with Gasteiger partial charge in [0.2, 0.25) is 0 Å². The second-order valence-corrected chi connectivity index (χ2v) is 4.84. The van der Waals surface area contributed by atoms with Gasteiger partial charge in [-0.2, -0.15) is 8.42 Å². The largest absolute Gasteiger partial charge is 0.395 e. The predicted molar refractivity (Wildman–Crippen MR) is 55.8 cm³/mol. The quantitative estimate of drug-likeness (QED) is 0.607. The molecular weight excluding hydrogens is 220 g/mol. The molecule has 0 bridgehead atoms. The molecule has 1 aliphatic rings. The van der Waals surface area contributed by atoms with Crippen molar-refractivity contribution >= 4 is 10.1 Å². The molecular formula is C8H16N2O4S. The van der Waals surface area contributed by atoms with Crippen LogP contribution in [0.15, 0.2) is 11.6 Å². The van der Waals surface area contributed by atoms with Gasteiger partial charge in [-0.1, -0.05) is 6.58 Å². The summed E-state index contributed by atoms with van der Waals surface area (Å²) in [6, 6.07) is 0. The average Bonchev–Trinajstić information content (AvgIpc) is 2.17. The Bertz CT molecular complexity index is 320. The lowest BCUT2D eigenvalue weighted by Gasteiger charge is -2.35. The molecule has 1 saturated heterocycles. The first-order chi connectivity index (χ1) is 6.95. The molecule has 0 radical (unpaired) electrons. The number of hydrogen-bond donors (Lipinski definition) is 2. The fourth-order valence-electron chi connectivity index (χ4n) is 1.53. The maximum Gasteiger partial charge on any atom is 0.309 e. The SMILES string of the molecule is C=C(N1CCN(CCO)CC1)S(=O)(=O)O.